The molecular formula is C33H39Cl2F2N4O3S2+. The molecule has 7 nitrogen and oxygen atoms in total. The fourth-order valence-corrected chi connectivity index (χ4v) is 7.87. The van der Waals surface area contributed by atoms with Crippen molar-refractivity contribution in [2.45, 2.75) is 41.5 Å². The van der Waals surface area contributed by atoms with E-state index >= 15 is 4.39 Å². The van der Waals surface area contributed by atoms with Gasteiger partial charge in [0.1, 0.15) is 17.4 Å². The lowest BCUT2D eigenvalue weighted by Crippen LogP contribution is -2.38. The van der Waals surface area contributed by atoms with Gasteiger partial charge in [0.25, 0.3) is 0 Å². The average molecular weight is 713 g/mol. The van der Waals surface area contributed by atoms with E-state index in [1.165, 1.54) is 41.3 Å². The Morgan fingerprint density at radius 1 is 1.02 bits per heavy atom. The number of methoxy groups -OCH3 is 1. The first kappa shape index (κ1) is 36.2. The molecule has 4 aromatic rings. The third kappa shape index (κ3) is 8.06. The molecule has 0 aliphatic carbocycles. The van der Waals surface area contributed by atoms with Crippen LogP contribution >= 0.6 is 35.0 Å². The van der Waals surface area contributed by atoms with Gasteiger partial charge < -0.3 is 9.22 Å². The van der Waals surface area contributed by atoms with Crippen molar-refractivity contribution in [1.29, 1.82) is 0 Å². The molecule has 0 atom stereocenters. The van der Waals surface area contributed by atoms with Crippen LogP contribution in [0.4, 0.5) is 8.78 Å². The molecule has 1 aromatic heterocycles. The summed E-state index contributed by atoms with van der Waals surface area (Å²) in [5, 5.41) is 0.994. The van der Waals surface area contributed by atoms with Gasteiger partial charge in [-0.15, -0.1) is 0 Å². The van der Waals surface area contributed by atoms with E-state index in [-0.39, 0.29) is 27.1 Å². The predicted octanol–water partition coefficient (Wildman–Crippen LogP) is 7.80. The topological polar surface area (TPSA) is 64.4 Å². The third-order valence-electron chi connectivity index (χ3n) is 7.80. The summed E-state index contributed by atoms with van der Waals surface area (Å²) in [6.45, 7) is 5.13. The maximum Gasteiger partial charge on any atom is 0.242 e. The number of sulfonamides is 1. The van der Waals surface area contributed by atoms with Crippen molar-refractivity contribution in [3.63, 3.8) is 0 Å². The third-order valence-corrected chi connectivity index (χ3v) is 11.3. The van der Waals surface area contributed by atoms with Gasteiger partial charge in [-0.3, -0.25) is 4.57 Å². The summed E-state index contributed by atoms with van der Waals surface area (Å²) in [4.78, 5) is 4.47. The molecule has 0 fully saturated rings. The smallest absolute Gasteiger partial charge is 0.242 e. The van der Waals surface area contributed by atoms with Gasteiger partial charge in [-0.2, -0.15) is 0 Å². The Morgan fingerprint density at radius 2 is 1.70 bits per heavy atom. The molecule has 0 amide bonds. The molecular weight excluding hydrogens is 673 g/mol. The zero-order chi connectivity index (χ0) is 34.0. The average Bonchev–Trinajstić information content (AvgIpc) is 3.41. The molecule has 0 saturated heterocycles. The minimum atomic E-state index is -3.95. The van der Waals surface area contributed by atoms with Crippen molar-refractivity contribution in [3.05, 3.63) is 99.3 Å². The zero-order valence-corrected chi connectivity index (χ0v) is 30.1. The SMILES string of the molecule is COc1cc(C(C)(C)c2cnc(SCc3c(F)cc(S(=O)(=O)N(C)CCC[N+](C)(C)C)cc3Cl)n2-c2ccc(F)cc2)ccc1Cl. The van der Waals surface area contributed by atoms with Crippen molar-refractivity contribution in [2.24, 2.45) is 0 Å². The molecule has 3 aromatic carbocycles. The molecule has 0 saturated carbocycles. The van der Waals surface area contributed by atoms with Crippen LogP contribution < -0.4 is 4.74 Å². The highest BCUT2D eigenvalue weighted by atomic mass is 35.5. The van der Waals surface area contributed by atoms with Crippen LogP contribution in [0.2, 0.25) is 10.0 Å². The van der Waals surface area contributed by atoms with Crippen molar-refractivity contribution >= 4 is 45.0 Å². The Morgan fingerprint density at radius 3 is 2.30 bits per heavy atom. The van der Waals surface area contributed by atoms with E-state index in [0.29, 0.717) is 39.1 Å². The molecule has 0 radical (unpaired) electrons. The lowest BCUT2D eigenvalue weighted by atomic mass is 9.81. The first-order valence-electron chi connectivity index (χ1n) is 14.5. The molecule has 1 heterocycles. The van der Waals surface area contributed by atoms with Crippen LogP contribution in [0.15, 0.2) is 70.8 Å². The number of halogens is 4. The highest BCUT2D eigenvalue weighted by Crippen LogP contribution is 2.40. The quantitative estimate of drug-likeness (QED) is 0.105. The Bertz CT molecular complexity index is 1790. The fraction of sp³-hybridized carbons (Fsp3) is 0.364. The van der Waals surface area contributed by atoms with Gasteiger partial charge in [-0.25, -0.2) is 26.5 Å². The van der Waals surface area contributed by atoms with Crippen LogP contribution in [0.5, 0.6) is 5.75 Å². The molecule has 0 spiro atoms. The molecule has 0 N–H and O–H groups in total. The minimum Gasteiger partial charge on any atom is -0.495 e. The maximum absolute atomic E-state index is 15.5. The highest BCUT2D eigenvalue weighted by Gasteiger charge is 2.31. The molecule has 0 unspecified atom stereocenters. The molecule has 248 valence electrons. The molecule has 4 rings (SSSR count). The number of hydrogen-bond donors (Lipinski definition) is 0. The number of rotatable bonds is 13. The van der Waals surface area contributed by atoms with E-state index in [0.717, 1.165) is 23.9 Å². The Balaban J connectivity index is 1.66. The van der Waals surface area contributed by atoms with E-state index in [1.54, 1.807) is 31.5 Å². The number of hydrogen-bond acceptors (Lipinski definition) is 5. The lowest BCUT2D eigenvalue weighted by Gasteiger charge is -2.28. The maximum atomic E-state index is 15.5. The standard InChI is InChI=1S/C33H39Cl2F2N4O3S2/c1-33(2,22-9-14-27(34)30(17-22)44-7)31-20-38-32(40(31)24-12-10-23(36)11-13-24)45-21-26-28(35)18-25(19-29(26)37)46(42,43)39(3)15-8-16-41(4,5)6/h9-14,17-20H,8,15-16,21H2,1-7H3/q+1. The van der Waals surface area contributed by atoms with Gasteiger partial charge in [0.15, 0.2) is 5.16 Å². The zero-order valence-electron chi connectivity index (χ0n) is 26.9. The molecule has 46 heavy (non-hydrogen) atoms. The van der Waals surface area contributed by atoms with E-state index in [4.69, 9.17) is 27.9 Å². The summed E-state index contributed by atoms with van der Waals surface area (Å²) >= 11 is 14.0. The van der Waals surface area contributed by atoms with Crippen LogP contribution in [-0.2, 0) is 21.2 Å². The van der Waals surface area contributed by atoms with Gasteiger partial charge in [-0.05, 0) is 54.1 Å². The molecule has 0 aliphatic rings. The van der Waals surface area contributed by atoms with Crippen LogP contribution in [0.3, 0.4) is 0 Å². The van der Waals surface area contributed by atoms with E-state index in [2.05, 4.69) is 4.98 Å². The van der Waals surface area contributed by atoms with Gasteiger partial charge in [-0.1, -0.05) is 54.9 Å². The van der Waals surface area contributed by atoms with Crippen LogP contribution in [0, 0.1) is 11.6 Å². The summed E-state index contributed by atoms with van der Waals surface area (Å²) < 4.78 is 65.1. The molecule has 0 aliphatic heterocycles. The highest BCUT2D eigenvalue weighted by molar-refractivity contribution is 7.98. The van der Waals surface area contributed by atoms with Crippen LogP contribution in [-0.4, -0.2) is 75.1 Å². The summed E-state index contributed by atoms with van der Waals surface area (Å²) in [5.74, 6) is -0.520. The largest absolute Gasteiger partial charge is 0.495 e. The van der Waals surface area contributed by atoms with Crippen molar-refractivity contribution < 1.29 is 26.4 Å². The van der Waals surface area contributed by atoms with Gasteiger partial charge in [0.05, 0.1) is 56.6 Å². The van der Waals surface area contributed by atoms with Crippen LogP contribution in [0.25, 0.3) is 5.69 Å². The van der Waals surface area contributed by atoms with Crippen LogP contribution in [0.1, 0.15) is 37.1 Å². The monoisotopic (exact) mass is 711 g/mol. The van der Waals surface area contributed by atoms with E-state index in [9.17, 15) is 12.8 Å². The number of ether oxygens (including phenoxy) is 1. The number of benzene rings is 3. The summed E-state index contributed by atoms with van der Waals surface area (Å²) in [7, 11) is 5.18. The summed E-state index contributed by atoms with van der Waals surface area (Å²) in [5.41, 5.74) is 1.88. The van der Waals surface area contributed by atoms with Gasteiger partial charge in [0.2, 0.25) is 10.0 Å². The Hall–Kier alpha value is -2.67. The summed E-state index contributed by atoms with van der Waals surface area (Å²) in [6.07, 6.45) is 2.38. The normalized spacial score (nSPS) is 12.6. The predicted molar refractivity (Wildman–Crippen MR) is 182 cm³/mol. The van der Waals surface area contributed by atoms with Crippen molar-refractivity contribution in [3.8, 4) is 11.4 Å². The first-order chi connectivity index (χ1) is 21.5. The van der Waals surface area contributed by atoms with Gasteiger partial charge in [0, 0.05) is 47.5 Å². The fourth-order valence-electron chi connectivity index (χ4n) is 4.98. The Labute approximate surface area is 284 Å². The number of aromatic nitrogens is 2. The molecule has 13 heteroatoms. The van der Waals surface area contributed by atoms with Gasteiger partial charge >= 0.3 is 0 Å². The van der Waals surface area contributed by atoms with E-state index in [1.807, 2.05) is 51.7 Å². The minimum absolute atomic E-state index is 0.000431. The number of quaternary nitrogens is 1. The summed E-state index contributed by atoms with van der Waals surface area (Å²) in [6, 6.07) is 13.9. The van der Waals surface area contributed by atoms with E-state index < -0.39 is 21.3 Å². The second kappa shape index (κ2) is 14.2. The lowest BCUT2D eigenvalue weighted by molar-refractivity contribution is -0.870. The molecule has 0 bridgehead atoms. The number of imidazole rings is 1. The second-order valence-corrected chi connectivity index (χ2v) is 16.4. The van der Waals surface area contributed by atoms with Crippen molar-refractivity contribution in [1.82, 2.24) is 13.9 Å². The Kier molecular flexibility index (Phi) is 11.2. The second-order valence-electron chi connectivity index (χ2n) is 12.6. The number of nitrogens with zero attached hydrogens (tertiary/aromatic N) is 4. The van der Waals surface area contributed by atoms with Crippen molar-refractivity contribution in [2.75, 3.05) is 48.4 Å². The first-order valence-corrected chi connectivity index (χ1v) is 17.7. The number of thioether (sulfide) groups is 1.